The minimum Gasteiger partial charge on any atom is -0.381 e. The first-order valence-corrected chi connectivity index (χ1v) is 16.6. The van der Waals surface area contributed by atoms with Crippen molar-refractivity contribution in [2.75, 3.05) is 49.3 Å². The van der Waals surface area contributed by atoms with Crippen molar-refractivity contribution in [3.63, 3.8) is 0 Å². The smallest absolute Gasteiger partial charge is 0.251 e. The van der Waals surface area contributed by atoms with Crippen LogP contribution in [0.25, 0.3) is 17.2 Å². The molecule has 0 radical (unpaired) electrons. The highest BCUT2D eigenvalue weighted by atomic mass is 32.2. The van der Waals surface area contributed by atoms with Gasteiger partial charge in [0.2, 0.25) is 0 Å². The second kappa shape index (κ2) is 12.4. The van der Waals surface area contributed by atoms with Gasteiger partial charge < -0.3 is 15.0 Å². The van der Waals surface area contributed by atoms with Crippen molar-refractivity contribution >= 4 is 33.2 Å². The highest BCUT2D eigenvalue weighted by molar-refractivity contribution is 7.91. The zero-order valence-corrected chi connectivity index (χ0v) is 25.0. The molecule has 6 rings (SSSR count). The first kappa shape index (κ1) is 28.6. The normalized spacial score (nSPS) is 18.8. The number of carbonyl (C=O) groups is 1. The minimum absolute atomic E-state index is 0.0966. The number of anilines is 2. The standard InChI is InChI=1S/C34H39N3O4S/c1-36(31-14-19-41-20-15-31)24-25-4-9-30(10-5-25)35-34(38)28-16-21-42(39,40)33-13-8-27(22-29(33)23-28)26-6-11-32(12-7-26)37-17-2-3-18-37/h4-13,22-23,31H,2-3,14-21,24H2,1H3,(H,35,38). The van der Waals surface area contributed by atoms with Crippen molar-refractivity contribution in [3.8, 4) is 11.1 Å². The van der Waals surface area contributed by atoms with Crippen molar-refractivity contribution in [1.29, 1.82) is 0 Å². The van der Waals surface area contributed by atoms with Crippen molar-refractivity contribution in [2.24, 2.45) is 0 Å². The first-order chi connectivity index (χ1) is 20.4. The second-order valence-corrected chi connectivity index (χ2v) is 13.7. The Morgan fingerprint density at radius 3 is 2.36 bits per heavy atom. The van der Waals surface area contributed by atoms with Crippen molar-refractivity contribution in [2.45, 2.75) is 49.6 Å². The summed E-state index contributed by atoms with van der Waals surface area (Å²) in [6, 6.07) is 22.3. The number of ether oxygens (including phenoxy) is 1. The largest absolute Gasteiger partial charge is 0.381 e. The second-order valence-electron chi connectivity index (χ2n) is 11.6. The molecule has 3 aliphatic heterocycles. The van der Waals surface area contributed by atoms with Crippen LogP contribution >= 0.6 is 0 Å². The van der Waals surface area contributed by atoms with E-state index in [0.29, 0.717) is 22.9 Å². The predicted molar refractivity (Wildman–Crippen MR) is 168 cm³/mol. The van der Waals surface area contributed by atoms with Gasteiger partial charge in [-0.25, -0.2) is 8.42 Å². The molecule has 0 aliphatic carbocycles. The summed E-state index contributed by atoms with van der Waals surface area (Å²) in [5, 5.41) is 2.98. The number of rotatable bonds is 7. The summed E-state index contributed by atoms with van der Waals surface area (Å²) in [6.45, 7) is 4.64. The Kier molecular flexibility index (Phi) is 8.47. The third-order valence-corrected chi connectivity index (χ3v) is 10.5. The summed E-state index contributed by atoms with van der Waals surface area (Å²) in [5.41, 5.74) is 6.05. The van der Waals surface area contributed by atoms with Crippen LogP contribution in [0.5, 0.6) is 0 Å². The topological polar surface area (TPSA) is 79.0 Å². The SMILES string of the molecule is CN(Cc1ccc(NC(=O)C2=Cc3cc(-c4ccc(N5CCCC5)cc4)ccc3S(=O)(=O)CC2)cc1)C1CCOCC1. The maximum Gasteiger partial charge on any atom is 0.251 e. The van der Waals surface area contributed by atoms with Crippen LogP contribution in [0.2, 0.25) is 0 Å². The summed E-state index contributed by atoms with van der Waals surface area (Å²) >= 11 is 0. The number of carbonyl (C=O) groups excluding carboxylic acids is 1. The van der Waals surface area contributed by atoms with E-state index >= 15 is 0 Å². The Balaban J connectivity index is 1.17. The van der Waals surface area contributed by atoms with E-state index in [0.717, 1.165) is 56.8 Å². The maximum atomic E-state index is 13.3. The van der Waals surface area contributed by atoms with Gasteiger partial charge in [0.15, 0.2) is 9.84 Å². The molecule has 3 heterocycles. The average Bonchev–Trinajstić information content (AvgIpc) is 3.51. The lowest BCUT2D eigenvalue weighted by atomic mass is 10.0. The van der Waals surface area contributed by atoms with E-state index in [2.05, 4.69) is 46.4 Å². The molecule has 0 bridgehead atoms. The van der Waals surface area contributed by atoms with Crippen LogP contribution < -0.4 is 10.2 Å². The fraction of sp³-hybridized carbons (Fsp3) is 0.382. The monoisotopic (exact) mass is 585 g/mol. The summed E-state index contributed by atoms with van der Waals surface area (Å²) in [4.78, 5) is 18.4. The molecule has 0 spiro atoms. The molecule has 0 unspecified atom stereocenters. The summed E-state index contributed by atoms with van der Waals surface area (Å²) in [5.74, 6) is -0.369. The van der Waals surface area contributed by atoms with Gasteiger partial charge >= 0.3 is 0 Å². The highest BCUT2D eigenvalue weighted by Gasteiger charge is 2.25. The molecule has 7 nitrogen and oxygen atoms in total. The quantitative estimate of drug-likeness (QED) is 0.380. The zero-order valence-electron chi connectivity index (χ0n) is 24.2. The lowest BCUT2D eigenvalue weighted by molar-refractivity contribution is -0.112. The number of benzene rings is 3. The number of nitrogens with one attached hydrogen (secondary N) is 1. The van der Waals surface area contributed by atoms with Gasteiger partial charge in [-0.1, -0.05) is 30.3 Å². The minimum atomic E-state index is -3.51. The predicted octanol–water partition coefficient (Wildman–Crippen LogP) is 5.76. The Bertz CT molecular complexity index is 1550. The van der Waals surface area contributed by atoms with Gasteiger partial charge in [0.05, 0.1) is 10.6 Å². The lowest BCUT2D eigenvalue weighted by Gasteiger charge is -2.31. The number of nitrogens with zero attached hydrogens (tertiary/aromatic N) is 2. The first-order valence-electron chi connectivity index (χ1n) is 15.0. The number of hydrogen-bond acceptors (Lipinski definition) is 6. The van der Waals surface area contributed by atoms with Crippen LogP contribution in [0.1, 0.15) is 43.2 Å². The molecule has 2 saturated heterocycles. The summed E-state index contributed by atoms with van der Waals surface area (Å²) < 4.78 is 31.7. The van der Waals surface area contributed by atoms with Gasteiger partial charge in [-0.15, -0.1) is 0 Å². The highest BCUT2D eigenvalue weighted by Crippen LogP contribution is 2.32. The van der Waals surface area contributed by atoms with Crippen LogP contribution in [0.15, 0.2) is 77.2 Å². The Morgan fingerprint density at radius 2 is 1.64 bits per heavy atom. The molecule has 0 saturated carbocycles. The number of sulfone groups is 1. The van der Waals surface area contributed by atoms with Gasteiger partial charge in [-0.2, -0.15) is 0 Å². The van der Waals surface area contributed by atoms with E-state index < -0.39 is 9.84 Å². The van der Waals surface area contributed by atoms with Crippen LogP contribution in [0, 0.1) is 0 Å². The van der Waals surface area contributed by atoms with Gasteiger partial charge in [0.1, 0.15) is 0 Å². The van der Waals surface area contributed by atoms with Gasteiger partial charge in [0, 0.05) is 55.8 Å². The lowest BCUT2D eigenvalue weighted by Crippen LogP contribution is -2.36. The molecule has 0 atom stereocenters. The molecule has 3 aromatic carbocycles. The number of hydrogen-bond donors (Lipinski definition) is 1. The summed E-state index contributed by atoms with van der Waals surface area (Å²) in [7, 11) is -1.37. The maximum absolute atomic E-state index is 13.3. The average molecular weight is 586 g/mol. The van der Waals surface area contributed by atoms with Crippen LogP contribution in [-0.4, -0.2) is 64.4 Å². The van der Waals surface area contributed by atoms with Crippen molar-refractivity contribution < 1.29 is 17.9 Å². The molecule has 42 heavy (non-hydrogen) atoms. The van der Waals surface area contributed by atoms with E-state index in [4.69, 9.17) is 4.74 Å². The summed E-state index contributed by atoms with van der Waals surface area (Å²) in [6.07, 6.45) is 6.45. The van der Waals surface area contributed by atoms with E-state index in [9.17, 15) is 13.2 Å². The molecule has 2 fully saturated rings. The fourth-order valence-corrected chi connectivity index (χ4v) is 7.67. The Hall–Kier alpha value is -3.46. The fourth-order valence-electron chi connectivity index (χ4n) is 6.21. The molecule has 3 aromatic rings. The molecule has 1 N–H and O–H groups in total. The third-order valence-electron chi connectivity index (χ3n) is 8.74. The van der Waals surface area contributed by atoms with E-state index in [-0.39, 0.29) is 23.0 Å². The molecular formula is C34H39N3O4S. The molecule has 1 amide bonds. The number of fused-ring (bicyclic) bond motifs is 1. The molecule has 8 heteroatoms. The van der Waals surface area contributed by atoms with Crippen LogP contribution in [-0.2, 0) is 25.9 Å². The Morgan fingerprint density at radius 1 is 0.952 bits per heavy atom. The van der Waals surface area contributed by atoms with Crippen molar-refractivity contribution in [3.05, 3.63) is 83.4 Å². The van der Waals surface area contributed by atoms with Crippen LogP contribution in [0.4, 0.5) is 11.4 Å². The van der Waals surface area contributed by atoms with E-state index in [1.165, 1.54) is 24.1 Å². The van der Waals surface area contributed by atoms with Crippen LogP contribution in [0.3, 0.4) is 0 Å². The van der Waals surface area contributed by atoms with E-state index in [1.54, 1.807) is 12.1 Å². The molecular weight excluding hydrogens is 546 g/mol. The number of amides is 1. The third kappa shape index (κ3) is 6.46. The van der Waals surface area contributed by atoms with Gasteiger partial charge in [-0.05, 0) is 104 Å². The molecule has 220 valence electrons. The van der Waals surface area contributed by atoms with Crippen molar-refractivity contribution in [1.82, 2.24) is 4.90 Å². The van der Waals surface area contributed by atoms with Gasteiger partial charge in [0.25, 0.3) is 5.91 Å². The zero-order chi connectivity index (χ0) is 29.1. The molecule has 3 aliphatic rings. The van der Waals surface area contributed by atoms with E-state index in [1.807, 2.05) is 36.4 Å². The molecule has 0 aromatic heterocycles. The Labute approximate surface area is 249 Å². The van der Waals surface area contributed by atoms with Gasteiger partial charge in [-0.3, -0.25) is 9.69 Å².